The number of hydrogen-bond donors (Lipinski definition) is 1. The Morgan fingerprint density at radius 2 is 2.06 bits per heavy atom. The molecule has 0 saturated heterocycles. The number of nitrogens with zero attached hydrogens (tertiary/aromatic N) is 1. The summed E-state index contributed by atoms with van der Waals surface area (Å²) in [6, 6.07) is 6.98. The molecule has 0 unspecified atom stereocenters. The molecular weight excluding hydrogens is 218 g/mol. The lowest BCUT2D eigenvalue weighted by Gasteiger charge is -2.21. The lowest BCUT2D eigenvalue weighted by molar-refractivity contribution is 0.0696. The molecule has 0 fully saturated rings. The van der Waals surface area contributed by atoms with Gasteiger partial charge in [0.15, 0.2) is 0 Å². The van der Waals surface area contributed by atoms with Gasteiger partial charge in [0.25, 0.3) is 0 Å². The van der Waals surface area contributed by atoms with Crippen molar-refractivity contribution in [3.63, 3.8) is 0 Å². The number of carbonyl (C=O) groups is 1. The van der Waals surface area contributed by atoms with Gasteiger partial charge < -0.3 is 14.7 Å². The molecule has 4 nitrogen and oxygen atoms in total. The maximum absolute atomic E-state index is 11.1. The highest BCUT2D eigenvalue weighted by Gasteiger charge is 2.12. The van der Waals surface area contributed by atoms with E-state index in [4.69, 9.17) is 9.84 Å². The fraction of sp³-hybridized carbons (Fsp3) is 0.462. The highest BCUT2D eigenvalue weighted by Crippen LogP contribution is 2.18. The van der Waals surface area contributed by atoms with Gasteiger partial charge in [0, 0.05) is 13.6 Å². The number of ether oxygens (including phenoxy) is 1. The number of benzene rings is 1. The van der Waals surface area contributed by atoms with Gasteiger partial charge in [-0.05, 0) is 26.0 Å². The van der Waals surface area contributed by atoms with Crippen LogP contribution in [0.15, 0.2) is 24.3 Å². The number of carboxylic acid groups (broad SMARTS) is 1. The summed E-state index contributed by atoms with van der Waals surface area (Å²) in [5, 5.41) is 9.07. The van der Waals surface area contributed by atoms with Gasteiger partial charge in [-0.1, -0.05) is 12.1 Å². The summed E-state index contributed by atoms with van der Waals surface area (Å²) in [6.07, 6.45) is 0.193. The summed E-state index contributed by atoms with van der Waals surface area (Å²) >= 11 is 0. The molecule has 1 rings (SSSR count). The summed E-state index contributed by atoms with van der Waals surface area (Å²) in [6.45, 7) is 5.21. The molecule has 0 bridgehead atoms. The maximum Gasteiger partial charge on any atom is 0.337 e. The second-order valence-corrected chi connectivity index (χ2v) is 4.16. The fourth-order valence-corrected chi connectivity index (χ4v) is 1.53. The van der Waals surface area contributed by atoms with Gasteiger partial charge in [-0.3, -0.25) is 0 Å². The van der Waals surface area contributed by atoms with Crippen LogP contribution in [0.3, 0.4) is 0 Å². The molecule has 4 heteroatoms. The van der Waals surface area contributed by atoms with Crippen molar-refractivity contribution in [2.24, 2.45) is 0 Å². The molecule has 0 radical (unpaired) electrons. The molecule has 0 aliphatic heterocycles. The highest BCUT2D eigenvalue weighted by molar-refractivity contribution is 5.94. The number of likely N-dealkylation sites (N-methyl/N-ethyl adjacent to an activating group) is 1. The molecule has 0 atom stereocenters. The molecule has 0 aliphatic carbocycles. The smallest absolute Gasteiger partial charge is 0.337 e. The Kier molecular flexibility index (Phi) is 4.97. The van der Waals surface area contributed by atoms with Crippen LogP contribution >= 0.6 is 0 Å². The lowest BCUT2D eigenvalue weighted by atomic mass is 10.1. The zero-order valence-corrected chi connectivity index (χ0v) is 10.5. The normalized spacial score (nSPS) is 10.6. The first kappa shape index (κ1) is 13.5. The van der Waals surface area contributed by atoms with Gasteiger partial charge in [0.2, 0.25) is 0 Å². The van der Waals surface area contributed by atoms with E-state index < -0.39 is 5.97 Å². The largest absolute Gasteiger partial charge is 0.478 e. The van der Waals surface area contributed by atoms with E-state index in [2.05, 4.69) is 0 Å². The molecule has 1 N–H and O–H groups in total. The topological polar surface area (TPSA) is 49.8 Å². The zero-order valence-electron chi connectivity index (χ0n) is 10.5. The second-order valence-electron chi connectivity index (χ2n) is 4.16. The van der Waals surface area contributed by atoms with E-state index in [9.17, 15) is 4.79 Å². The Bertz CT molecular complexity index is 377. The summed E-state index contributed by atoms with van der Waals surface area (Å²) in [5.74, 6) is -0.905. The van der Waals surface area contributed by atoms with E-state index in [1.54, 1.807) is 18.2 Å². The van der Waals surface area contributed by atoms with Crippen LogP contribution < -0.4 is 4.90 Å². The first-order valence-electron chi connectivity index (χ1n) is 5.67. The summed E-state index contributed by atoms with van der Waals surface area (Å²) in [4.78, 5) is 12.9. The third-order valence-corrected chi connectivity index (χ3v) is 2.42. The van der Waals surface area contributed by atoms with E-state index in [-0.39, 0.29) is 6.10 Å². The van der Waals surface area contributed by atoms with E-state index in [1.807, 2.05) is 31.9 Å². The monoisotopic (exact) mass is 237 g/mol. The van der Waals surface area contributed by atoms with Crippen molar-refractivity contribution in [2.75, 3.05) is 25.1 Å². The van der Waals surface area contributed by atoms with Gasteiger partial charge in [-0.25, -0.2) is 4.79 Å². The number of anilines is 1. The molecule has 17 heavy (non-hydrogen) atoms. The van der Waals surface area contributed by atoms with Crippen LogP contribution in [0.1, 0.15) is 24.2 Å². The highest BCUT2D eigenvalue weighted by atomic mass is 16.5. The van der Waals surface area contributed by atoms with Crippen LogP contribution in [-0.4, -0.2) is 37.4 Å². The maximum atomic E-state index is 11.1. The summed E-state index contributed by atoms with van der Waals surface area (Å²) in [5.41, 5.74) is 1.03. The number of carboxylic acids is 1. The van der Waals surface area contributed by atoms with E-state index in [0.717, 1.165) is 0 Å². The zero-order chi connectivity index (χ0) is 12.8. The van der Waals surface area contributed by atoms with Gasteiger partial charge >= 0.3 is 5.97 Å². The molecule has 1 aromatic rings. The van der Waals surface area contributed by atoms with Gasteiger partial charge in [0.1, 0.15) is 0 Å². The van der Waals surface area contributed by atoms with Crippen LogP contribution in [0.25, 0.3) is 0 Å². The Morgan fingerprint density at radius 1 is 1.41 bits per heavy atom. The second kappa shape index (κ2) is 6.25. The molecule has 1 aromatic carbocycles. The quantitative estimate of drug-likeness (QED) is 0.824. The molecule has 0 amide bonds. The number of para-hydroxylation sites is 1. The van der Waals surface area contributed by atoms with Gasteiger partial charge in [0.05, 0.1) is 24.0 Å². The Balaban J connectivity index is 2.68. The predicted octanol–water partition coefficient (Wildman–Crippen LogP) is 2.25. The fourth-order valence-electron chi connectivity index (χ4n) is 1.53. The van der Waals surface area contributed by atoms with Crippen molar-refractivity contribution in [3.8, 4) is 0 Å². The first-order valence-corrected chi connectivity index (χ1v) is 5.67. The van der Waals surface area contributed by atoms with Crippen molar-refractivity contribution in [1.29, 1.82) is 0 Å². The average Bonchev–Trinajstić information content (AvgIpc) is 2.28. The van der Waals surface area contributed by atoms with Crippen LogP contribution in [0, 0.1) is 0 Å². The minimum atomic E-state index is -0.905. The predicted molar refractivity (Wildman–Crippen MR) is 67.8 cm³/mol. The minimum Gasteiger partial charge on any atom is -0.478 e. The minimum absolute atomic E-state index is 0.193. The SMILES string of the molecule is CC(C)OCCN(C)c1ccccc1C(=O)O. The molecule has 94 valence electrons. The third-order valence-electron chi connectivity index (χ3n) is 2.42. The Labute approximate surface area is 102 Å². The van der Waals surface area contributed by atoms with Crippen LogP contribution in [0.5, 0.6) is 0 Å². The molecule has 0 spiro atoms. The van der Waals surface area contributed by atoms with E-state index >= 15 is 0 Å². The Morgan fingerprint density at radius 3 is 2.65 bits per heavy atom. The molecule has 0 aliphatic rings. The van der Waals surface area contributed by atoms with Crippen molar-refractivity contribution >= 4 is 11.7 Å². The summed E-state index contributed by atoms with van der Waals surface area (Å²) in [7, 11) is 1.87. The van der Waals surface area contributed by atoms with Crippen molar-refractivity contribution in [3.05, 3.63) is 29.8 Å². The van der Waals surface area contributed by atoms with E-state index in [1.165, 1.54) is 0 Å². The molecule has 0 heterocycles. The summed E-state index contributed by atoms with van der Waals surface area (Å²) < 4.78 is 5.45. The van der Waals surface area contributed by atoms with Crippen molar-refractivity contribution in [2.45, 2.75) is 20.0 Å². The van der Waals surface area contributed by atoms with Crippen molar-refractivity contribution < 1.29 is 14.6 Å². The van der Waals surface area contributed by atoms with Crippen molar-refractivity contribution in [1.82, 2.24) is 0 Å². The Hall–Kier alpha value is -1.55. The molecule has 0 saturated carbocycles. The number of hydrogen-bond acceptors (Lipinski definition) is 3. The lowest BCUT2D eigenvalue weighted by Crippen LogP contribution is -2.25. The van der Waals surface area contributed by atoms with Crippen LogP contribution in [0.4, 0.5) is 5.69 Å². The average molecular weight is 237 g/mol. The van der Waals surface area contributed by atoms with Gasteiger partial charge in [-0.15, -0.1) is 0 Å². The van der Waals surface area contributed by atoms with E-state index in [0.29, 0.717) is 24.4 Å². The molecular formula is C13H19NO3. The first-order chi connectivity index (χ1) is 8.02. The number of aromatic carboxylic acids is 1. The standard InChI is InChI=1S/C13H19NO3/c1-10(2)17-9-8-14(3)12-7-5-4-6-11(12)13(15)16/h4-7,10H,8-9H2,1-3H3,(H,15,16). The third kappa shape index (κ3) is 4.07. The molecule has 0 aromatic heterocycles. The van der Waals surface area contributed by atoms with Crippen LogP contribution in [0.2, 0.25) is 0 Å². The van der Waals surface area contributed by atoms with Gasteiger partial charge in [-0.2, -0.15) is 0 Å². The van der Waals surface area contributed by atoms with Crippen LogP contribution in [-0.2, 0) is 4.74 Å². The number of rotatable bonds is 6.